The monoisotopic (exact) mass is 330 g/mol. The van der Waals surface area contributed by atoms with E-state index in [-0.39, 0.29) is 22.9 Å². The normalized spacial score (nSPS) is 16.5. The van der Waals surface area contributed by atoms with E-state index in [2.05, 4.69) is 10.6 Å². The first-order valence-corrected chi connectivity index (χ1v) is 8.01. The molecule has 0 radical (unpaired) electrons. The SMILES string of the molecule is Cc1ccc(NC(=O)c2ccc3c(c2)NC(=O)C(C)S3)cc1F. The average Bonchev–Trinajstić information content (AvgIpc) is 2.51. The van der Waals surface area contributed by atoms with E-state index >= 15 is 0 Å². The number of amides is 2. The zero-order chi connectivity index (χ0) is 16.6. The van der Waals surface area contributed by atoms with E-state index in [9.17, 15) is 14.0 Å². The number of hydrogen-bond acceptors (Lipinski definition) is 3. The van der Waals surface area contributed by atoms with Crippen molar-refractivity contribution in [3.63, 3.8) is 0 Å². The molecule has 2 aromatic rings. The predicted octanol–water partition coefficient (Wildman–Crippen LogP) is 3.82. The van der Waals surface area contributed by atoms with Gasteiger partial charge < -0.3 is 10.6 Å². The molecule has 4 nitrogen and oxygen atoms in total. The first kappa shape index (κ1) is 15.6. The Morgan fingerprint density at radius 2 is 2.04 bits per heavy atom. The van der Waals surface area contributed by atoms with Crippen molar-refractivity contribution in [2.24, 2.45) is 0 Å². The molecule has 1 heterocycles. The molecule has 0 aliphatic carbocycles. The van der Waals surface area contributed by atoms with Gasteiger partial charge in [-0.25, -0.2) is 4.39 Å². The molecule has 2 aromatic carbocycles. The molecule has 118 valence electrons. The number of aryl methyl sites for hydroxylation is 1. The van der Waals surface area contributed by atoms with Crippen LogP contribution >= 0.6 is 11.8 Å². The van der Waals surface area contributed by atoms with Gasteiger partial charge in [-0.15, -0.1) is 11.8 Å². The number of thioether (sulfide) groups is 1. The summed E-state index contributed by atoms with van der Waals surface area (Å²) < 4.78 is 13.5. The number of nitrogens with one attached hydrogen (secondary N) is 2. The van der Waals surface area contributed by atoms with Crippen LogP contribution in [0.2, 0.25) is 0 Å². The maximum atomic E-state index is 13.5. The lowest BCUT2D eigenvalue weighted by molar-refractivity contribution is -0.115. The van der Waals surface area contributed by atoms with Gasteiger partial charge in [-0.2, -0.15) is 0 Å². The second-order valence-corrected chi connectivity index (χ2v) is 6.76. The third-order valence-electron chi connectivity index (χ3n) is 3.60. The van der Waals surface area contributed by atoms with Crippen LogP contribution in [-0.2, 0) is 4.79 Å². The van der Waals surface area contributed by atoms with Crippen LogP contribution < -0.4 is 10.6 Å². The van der Waals surface area contributed by atoms with Gasteiger partial charge in [-0.3, -0.25) is 9.59 Å². The third-order valence-corrected chi connectivity index (χ3v) is 4.78. The molecular formula is C17H15FN2O2S. The summed E-state index contributed by atoms with van der Waals surface area (Å²) in [7, 11) is 0. The predicted molar refractivity (Wildman–Crippen MR) is 89.5 cm³/mol. The number of carbonyl (C=O) groups excluding carboxylic acids is 2. The zero-order valence-corrected chi connectivity index (χ0v) is 13.5. The molecule has 0 spiro atoms. The van der Waals surface area contributed by atoms with Gasteiger partial charge in [0.05, 0.1) is 10.9 Å². The summed E-state index contributed by atoms with van der Waals surface area (Å²) in [6, 6.07) is 9.66. The van der Waals surface area contributed by atoms with Crippen LogP contribution in [0, 0.1) is 12.7 Å². The van der Waals surface area contributed by atoms with E-state index in [1.807, 2.05) is 6.92 Å². The summed E-state index contributed by atoms with van der Waals surface area (Å²) >= 11 is 1.45. The maximum absolute atomic E-state index is 13.5. The van der Waals surface area contributed by atoms with Crippen LogP contribution in [0.15, 0.2) is 41.3 Å². The van der Waals surface area contributed by atoms with Crippen LogP contribution in [0.3, 0.4) is 0 Å². The van der Waals surface area contributed by atoms with Gasteiger partial charge in [0.15, 0.2) is 0 Å². The highest BCUT2D eigenvalue weighted by atomic mass is 32.2. The average molecular weight is 330 g/mol. The fraction of sp³-hybridized carbons (Fsp3) is 0.176. The molecule has 2 N–H and O–H groups in total. The van der Waals surface area contributed by atoms with Crippen molar-refractivity contribution in [1.82, 2.24) is 0 Å². The Labute approximate surface area is 137 Å². The van der Waals surface area contributed by atoms with E-state index in [1.54, 1.807) is 37.3 Å². The van der Waals surface area contributed by atoms with Crippen molar-refractivity contribution < 1.29 is 14.0 Å². The lowest BCUT2D eigenvalue weighted by Gasteiger charge is -2.21. The molecule has 2 amide bonds. The first-order valence-electron chi connectivity index (χ1n) is 7.13. The Kier molecular flexibility index (Phi) is 4.09. The summed E-state index contributed by atoms with van der Waals surface area (Å²) in [6.45, 7) is 3.49. The summed E-state index contributed by atoms with van der Waals surface area (Å²) in [5.41, 5.74) is 1.94. The van der Waals surface area contributed by atoms with Crippen molar-refractivity contribution >= 4 is 35.0 Å². The van der Waals surface area contributed by atoms with Gasteiger partial charge >= 0.3 is 0 Å². The summed E-state index contributed by atoms with van der Waals surface area (Å²) in [5, 5.41) is 5.29. The standard InChI is InChI=1S/C17H15FN2O2S/c1-9-3-5-12(8-13(9)18)19-17(22)11-4-6-15-14(7-11)20-16(21)10(2)23-15/h3-8,10H,1-2H3,(H,19,22)(H,20,21). The lowest BCUT2D eigenvalue weighted by Crippen LogP contribution is -2.26. The highest BCUT2D eigenvalue weighted by Crippen LogP contribution is 2.36. The Morgan fingerprint density at radius 1 is 1.26 bits per heavy atom. The Balaban J connectivity index is 1.81. The molecule has 0 aromatic heterocycles. The van der Waals surface area contributed by atoms with Crippen LogP contribution in [0.1, 0.15) is 22.8 Å². The van der Waals surface area contributed by atoms with Gasteiger partial charge in [0.2, 0.25) is 5.91 Å². The number of halogens is 1. The lowest BCUT2D eigenvalue weighted by atomic mass is 10.1. The molecule has 0 bridgehead atoms. The Hall–Kier alpha value is -2.34. The zero-order valence-electron chi connectivity index (χ0n) is 12.6. The summed E-state index contributed by atoms with van der Waals surface area (Å²) in [6.07, 6.45) is 0. The number of rotatable bonds is 2. The van der Waals surface area contributed by atoms with Crippen molar-refractivity contribution in [3.8, 4) is 0 Å². The molecule has 0 fully saturated rings. The molecule has 23 heavy (non-hydrogen) atoms. The van der Waals surface area contributed by atoms with Gasteiger partial charge in [0.1, 0.15) is 5.82 Å². The first-order chi connectivity index (χ1) is 10.9. The second-order valence-electron chi connectivity index (χ2n) is 5.38. The quantitative estimate of drug-likeness (QED) is 0.880. The smallest absolute Gasteiger partial charge is 0.255 e. The molecule has 0 saturated carbocycles. The highest BCUT2D eigenvalue weighted by Gasteiger charge is 2.23. The topological polar surface area (TPSA) is 58.2 Å². The van der Waals surface area contributed by atoms with Crippen molar-refractivity contribution in [2.45, 2.75) is 24.0 Å². The Bertz CT molecular complexity index is 807. The fourth-order valence-electron chi connectivity index (χ4n) is 2.22. The van der Waals surface area contributed by atoms with E-state index in [1.165, 1.54) is 17.8 Å². The van der Waals surface area contributed by atoms with Crippen LogP contribution in [0.25, 0.3) is 0 Å². The molecular weight excluding hydrogens is 315 g/mol. The minimum atomic E-state index is -0.370. The van der Waals surface area contributed by atoms with Crippen LogP contribution in [0.5, 0.6) is 0 Å². The van der Waals surface area contributed by atoms with Crippen molar-refractivity contribution in [3.05, 3.63) is 53.3 Å². The molecule has 1 unspecified atom stereocenters. The van der Waals surface area contributed by atoms with Gasteiger partial charge in [0, 0.05) is 16.1 Å². The summed E-state index contributed by atoms with van der Waals surface area (Å²) in [5.74, 6) is -0.805. The third kappa shape index (κ3) is 3.22. The van der Waals surface area contributed by atoms with Crippen molar-refractivity contribution in [2.75, 3.05) is 10.6 Å². The van der Waals surface area contributed by atoms with Crippen LogP contribution in [-0.4, -0.2) is 17.1 Å². The fourth-order valence-corrected chi connectivity index (χ4v) is 3.15. The molecule has 1 aliphatic rings. The van der Waals surface area contributed by atoms with E-state index in [0.29, 0.717) is 22.5 Å². The number of fused-ring (bicyclic) bond motifs is 1. The van der Waals surface area contributed by atoms with Crippen molar-refractivity contribution in [1.29, 1.82) is 0 Å². The minimum Gasteiger partial charge on any atom is -0.324 e. The molecule has 6 heteroatoms. The summed E-state index contributed by atoms with van der Waals surface area (Å²) in [4.78, 5) is 24.9. The van der Waals surface area contributed by atoms with E-state index in [0.717, 1.165) is 4.90 Å². The molecule has 1 aliphatic heterocycles. The molecule has 0 saturated heterocycles. The largest absolute Gasteiger partial charge is 0.324 e. The second kappa shape index (κ2) is 6.04. The van der Waals surface area contributed by atoms with Gasteiger partial charge in [-0.1, -0.05) is 6.07 Å². The van der Waals surface area contributed by atoms with Crippen LogP contribution in [0.4, 0.5) is 15.8 Å². The number of carbonyl (C=O) groups is 2. The Morgan fingerprint density at radius 3 is 2.78 bits per heavy atom. The number of benzene rings is 2. The molecule has 3 rings (SSSR count). The van der Waals surface area contributed by atoms with Gasteiger partial charge in [-0.05, 0) is 49.7 Å². The number of anilines is 2. The molecule has 1 atom stereocenters. The number of hydrogen-bond donors (Lipinski definition) is 2. The van der Waals surface area contributed by atoms with E-state index in [4.69, 9.17) is 0 Å². The minimum absolute atomic E-state index is 0.0827. The maximum Gasteiger partial charge on any atom is 0.255 e. The highest BCUT2D eigenvalue weighted by molar-refractivity contribution is 8.00. The van der Waals surface area contributed by atoms with Gasteiger partial charge in [0.25, 0.3) is 5.91 Å². The van der Waals surface area contributed by atoms with E-state index < -0.39 is 0 Å².